The summed E-state index contributed by atoms with van der Waals surface area (Å²) in [5.74, 6) is -0.112. The van der Waals surface area contributed by atoms with Gasteiger partial charge in [0.2, 0.25) is 0 Å². The van der Waals surface area contributed by atoms with Gasteiger partial charge in [0.05, 0.1) is 10.6 Å². The Kier molecular flexibility index (Phi) is 5.88. The topological polar surface area (TPSA) is 41.5 Å². The van der Waals surface area contributed by atoms with Crippen molar-refractivity contribution in [1.29, 1.82) is 0 Å². The first-order valence-corrected chi connectivity index (χ1v) is 10.9. The average molecular weight is 417 g/mol. The van der Waals surface area contributed by atoms with Crippen molar-refractivity contribution in [1.82, 2.24) is 5.32 Å². The summed E-state index contributed by atoms with van der Waals surface area (Å²) < 4.78 is 0. The molecule has 4 rings (SSSR count). The third kappa shape index (κ3) is 5.19. The van der Waals surface area contributed by atoms with E-state index < -0.39 is 0 Å². The molecule has 0 unspecified atom stereocenters. The van der Waals surface area contributed by atoms with E-state index in [1.54, 1.807) is 11.8 Å². The van der Waals surface area contributed by atoms with E-state index in [0.717, 1.165) is 11.3 Å². The van der Waals surface area contributed by atoms with Gasteiger partial charge in [-0.2, -0.15) is 0 Å². The highest BCUT2D eigenvalue weighted by Gasteiger charge is 2.23. The lowest BCUT2D eigenvalue weighted by atomic mass is 10.2. The van der Waals surface area contributed by atoms with Crippen LogP contribution >= 0.6 is 23.5 Å². The summed E-state index contributed by atoms with van der Waals surface area (Å²) in [5, 5.41) is 3.45. The first-order valence-electron chi connectivity index (χ1n) is 9.26. The van der Waals surface area contributed by atoms with Gasteiger partial charge in [-0.1, -0.05) is 59.3 Å². The lowest BCUT2D eigenvalue weighted by Gasteiger charge is -2.03. The van der Waals surface area contributed by atoms with Crippen LogP contribution in [0.15, 0.2) is 92.5 Å². The normalized spacial score (nSPS) is 16.4. The standard InChI is InChI=1S/C24H20N2OS2/c1-16-3-9-19(10-4-16)25-24-26-23(27)22(29-24)15-18-7-13-21(14-8-18)28-20-11-5-17(2)6-12-20/h3-15H,1-2H3,(H,25,26,27)/b22-15-. The maximum Gasteiger partial charge on any atom is 0.264 e. The van der Waals surface area contributed by atoms with Crippen LogP contribution in [0.4, 0.5) is 5.69 Å². The van der Waals surface area contributed by atoms with Crippen LogP contribution in [0.3, 0.4) is 0 Å². The molecular formula is C24H20N2OS2. The second-order valence-electron chi connectivity index (χ2n) is 6.80. The molecule has 1 amide bonds. The first kappa shape index (κ1) is 19.6. The quantitative estimate of drug-likeness (QED) is 0.504. The predicted molar refractivity (Wildman–Crippen MR) is 124 cm³/mol. The lowest BCUT2D eigenvalue weighted by Crippen LogP contribution is -2.19. The number of thioether (sulfide) groups is 1. The number of nitrogens with one attached hydrogen (secondary N) is 1. The number of rotatable bonds is 4. The van der Waals surface area contributed by atoms with E-state index in [2.05, 4.69) is 53.6 Å². The number of aliphatic imine (C=N–C) groups is 1. The summed E-state index contributed by atoms with van der Waals surface area (Å²) in [6, 6.07) is 24.6. The molecule has 1 saturated heterocycles. The van der Waals surface area contributed by atoms with E-state index >= 15 is 0 Å². The highest BCUT2D eigenvalue weighted by Crippen LogP contribution is 2.30. The fraction of sp³-hybridized carbons (Fsp3) is 0.0833. The van der Waals surface area contributed by atoms with Crippen LogP contribution in [-0.4, -0.2) is 11.1 Å². The molecule has 3 aromatic rings. The van der Waals surface area contributed by atoms with Gasteiger partial charge in [-0.15, -0.1) is 0 Å². The maximum absolute atomic E-state index is 12.3. The van der Waals surface area contributed by atoms with Crippen molar-refractivity contribution in [3.63, 3.8) is 0 Å². The van der Waals surface area contributed by atoms with Crippen molar-refractivity contribution in [3.8, 4) is 0 Å². The van der Waals surface area contributed by atoms with Crippen LogP contribution in [0, 0.1) is 13.8 Å². The minimum Gasteiger partial charge on any atom is -0.300 e. The molecule has 0 aromatic heterocycles. The van der Waals surface area contributed by atoms with E-state index in [-0.39, 0.29) is 5.91 Å². The Bertz CT molecular complexity index is 1080. The molecule has 0 atom stereocenters. The number of hydrogen-bond donors (Lipinski definition) is 1. The van der Waals surface area contributed by atoms with Crippen molar-refractivity contribution >= 4 is 46.4 Å². The third-order valence-electron chi connectivity index (χ3n) is 4.35. The van der Waals surface area contributed by atoms with Crippen molar-refractivity contribution in [2.24, 2.45) is 4.99 Å². The van der Waals surface area contributed by atoms with Crippen LogP contribution in [0.1, 0.15) is 16.7 Å². The first-order chi connectivity index (χ1) is 14.0. The SMILES string of the molecule is Cc1ccc(N=C2NC(=O)/C(=C/c3ccc(Sc4ccc(C)cc4)cc3)S2)cc1. The monoisotopic (exact) mass is 416 g/mol. The molecule has 1 fully saturated rings. The summed E-state index contributed by atoms with van der Waals surface area (Å²) >= 11 is 3.09. The van der Waals surface area contributed by atoms with Gasteiger partial charge in [-0.25, -0.2) is 4.99 Å². The number of aryl methyl sites for hydroxylation is 2. The average Bonchev–Trinajstić information content (AvgIpc) is 3.06. The molecule has 0 aliphatic carbocycles. The Hall–Kier alpha value is -2.76. The van der Waals surface area contributed by atoms with E-state index in [9.17, 15) is 4.79 Å². The minimum atomic E-state index is -0.112. The second-order valence-corrected chi connectivity index (χ2v) is 8.98. The second kappa shape index (κ2) is 8.72. The van der Waals surface area contributed by atoms with Crippen LogP contribution in [0.2, 0.25) is 0 Å². The van der Waals surface area contributed by atoms with E-state index in [4.69, 9.17) is 0 Å². The number of amidine groups is 1. The molecule has 1 N–H and O–H groups in total. The zero-order valence-electron chi connectivity index (χ0n) is 16.2. The van der Waals surface area contributed by atoms with E-state index in [0.29, 0.717) is 10.1 Å². The predicted octanol–water partition coefficient (Wildman–Crippen LogP) is 6.35. The minimum absolute atomic E-state index is 0.112. The molecule has 1 heterocycles. The molecule has 144 valence electrons. The summed E-state index contributed by atoms with van der Waals surface area (Å²) in [6.45, 7) is 4.12. The Balaban J connectivity index is 1.45. The number of carbonyl (C=O) groups is 1. The van der Waals surface area contributed by atoms with Gasteiger partial charge >= 0.3 is 0 Å². The third-order valence-corrected chi connectivity index (χ3v) is 6.28. The number of hydrogen-bond acceptors (Lipinski definition) is 4. The molecule has 1 aliphatic heterocycles. The van der Waals surface area contributed by atoms with Crippen molar-refractivity contribution in [2.45, 2.75) is 23.6 Å². The lowest BCUT2D eigenvalue weighted by molar-refractivity contribution is -0.115. The fourth-order valence-corrected chi connectivity index (χ4v) is 4.40. The Morgan fingerprint density at radius 2 is 1.38 bits per heavy atom. The molecular weight excluding hydrogens is 396 g/mol. The van der Waals surface area contributed by atoms with Crippen LogP contribution in [-0.2, 0) is 4.79 Å². The molecule has 3 nitrogen and oxygen atoms in total. The van der Waals surface area contributed by atoms with Crippen LogP contribution < -0.4 is 5.32 Å². The van der Waals surface area contributed by atoms with Gasteiger partial charge < -0.3 is 5.32 Å². The zero-order chi connectivity index (χ0) is 20.2. The fourth-order valence-electron chi connectivity index (χ4n) is 2.74. The molecule has 3 aromatic carbocycles. The van der Waals surface area contributed by atoms with Crippen molar-refractivity contribution in [2.75, 3.05) is 0 Å². The molecule has 0 spiro atoms. The summed E-state index contributed by atoms with van der Waals surface area (Å²) in [7, 11) is 0. The molecule has 29 heavy (non-hydrogen) atoms. The largest absolute Gasteiger partial charge is 0.300 e. The zero-order valence-corrected chi connectivity index (χ0v) is 17.8. The van der Waals surface area contributed by atoms with Gasteiger partial charge in [0.25, 0.3) is 5.91 Å². The Labute approximate surface area is 179 Å². The van der Waals surface area contributed by atoms with E-state index in [1.807, 2.05) is 49.4 Å². The summed E-state index contributed by atoms with van der Waals surface area (Å²) in [6.07, 6.45) is 1.90. The van der Waals surface area contributed by atoms with Gasteiger partial charge in [0.1, 0.15) is 0 Å². The summed E-state index contributed by atoms with van der Waals surface area (Å²) in [4.78, 5) is 19.8. The van der Waals surface area contributed by atoms with Gasteiger partial charge in [0.15, 0.2) is 5.17 Å². The molecule has 5 heteroatoms. The highest BCUT2D eigenvalue weighted by molar-refractivity contribution is 8.18. The Morgan fingerprint density at radius 1 is 0.828 bits per heavy atom. The number of amides is 1. The van der Waals surface area contributed by atoms with Gasteiger partial charge in [-0.3, -0.25) is 4.79 Å². The smallest absolute Gasteiger partial charge is 0.264 e. The molecule has 0 bridgehead atoms. The molecule has 0 saturated carbocycles. The van der Waals surface area contributed by atoms with Crippen LogP contribution in [0.25, 0.3) is 6.08 Å². The highest BCUT2D eigenvalue weighted by atomic mass is 32.2. The molecule has 0 radical (unpaired) electrons. The number of carbonyl (C=O) groups excluding carboxylic acids is 1. The van der Waals surface area contributed by atoms with Crippen molar-refractivity contribution in [3.05, 3.63) is 94.4 Å². The number of benzene rings is 3. The van der Waals surface area contributed by atoms with Crippen molar-refractivity contribution < 1.29 is 4.79 Å². The number of nitrogens with zero attached hydrogens (tertiary/aromatic N) is 1. The molecule has 1 aliphatic rings. The maximum atomic E-state index is 12.3. The summed E-state index contributed by atoms with van der Waals surface area (Å²) in [5.41, 5.74) is 4.26. The van der Waals surface area contributed by atoms with Gasteiger partial charge in [-0.05, 0) is 73.6 Å². The van der Waals surface area contributed by atoms with Crippen LogP contribution in [0.5, 0.6) is 0 Å². The van der Waals surface area contributed by atoms with Gasteiger partial charge in [0, 0.05) is 9.79 Å². The Morgan fingerprint density at radius 3 is 2.00 bits per heavy atom. The van der Waals surface area contributed by atoms with E-state index in [1.165, 1.54) is 32.7 Å².